The van der Waals surface area contributed by atoms with E-state index < -0.39 is 29.6 Å². The first-order chi connectivity index (χ1) is 28.2. The molecule has 0 radical (unpaired) electrons. The van der Waals surface area contributed by atoms with Gasteiger partial charge in [0, 0.05) is 51.1 Å². The van der Waals surface area contributed by atoms with Crippen molar-refractivity contribution < 1.29 is 36.7 Å². The fraction of sp³-hybridized carbons (Fsp3) is 0.476. The number of ether oxygens (including phenoxy) is 1. The monoisotopic (exact) mass is 835 g/mol. The molecule has 2 aromatic carbocycles. The van der Waals surface area contributed by atoms with Gasteiger partial charge in [-0.1, -0.05) is 6.07 Å². The smallest absolute Gasteiger partial charge is 0.433 e. The first-order valence-electron chi connectivity index (χ1n) is 19.9. The molecule has 8 rings (SSSR count). The molecule has 3 aromatic heterocycles. The van der Waals surface area contributed by atoms with E-state index in [1.165, 1.54) is 34.4 Å². The van der Waals surface area contributed by atoms with E-state index in [-0.39, 0.29) is 48.1 Å². The number of rotatable bonds is 9. The third-order valence-corrected chi connectivity index (χ3v) is 13.5. The quantitative estimate of drug-likeness (QED) is 0.119. The molecule has 1 unspecified atom stereocenters. The van der Waals surface area contributed by atoms with Crippen LogP contribution in [0.3, 0.4) is 0 Å². The number of hydrogen-bond donors (Lipinski definition) is 1. The number of nitrogens with zero attached hydrogens (tertiary/aromatic N) is 6. The van der Waals surface area contributed by atoms with Gasteiger partial charge in [-0.3, -0.25) is 23.5 Å². The number of carbonyl (C=O) groups is 3. The summed E-state index contributed by atoms with van der Waals surface area (Å²) < 4.78 is 64.0. The molecule has 59 heavy (non-hydrogen) atoms. The number of methoxy groups -OCH3 is 1. The van der Waals surface area contributed by atoms with Gasteiger partial charge in [-0.05, 0) is 88.2 Å². The summed E-state index contributed by atoms with van der Waals surface area (Å²) in [5.41, 5.74) is 0.755. The van der Waals surface area contributed by atoms with Crippen molar-refractivity contribution in [2.24, 2.45) is 13.0 Å². The first kappa shape index (κ1) is 40.6. The highest BCUT2D eigenvalue weighted by atomic mass is 32.1. The highest BCUT2D eigenvalue weighted by Crippen LogP contribution is 2.42. The van der Waals surface area contributed by atoms with Gasteiger partial charge in [-0.2, -0.15) is 13.2 Å². The summed E-state index contributed by atoms with van der Waals surface area (Å²) >= 11 is 1.55. The van der Waals surface area contributed by atoms with Crippen LogP contribution in [-0.4, -0.2) is 81.3 Å². The second-order valence-electron chi connectivity index (χ2n) is 16.0. The van der Waals surface area contributed by atoms with E-state index >= 15 is 4.39 Å². The molecule has 0 spiro atoms. The van der Waals surface area contributed by atoms with Crippen LogP contribution in [0, 0.1) is 11.7 Å². The maximum Gasteiger partial charge on any atom is 0.433 e. The van der Waals surface area contributed by atoms with E-state index in [1.54, 1.807) is 30.5 Å². The van der Waals surface area contributed by atoms with E-state index in [0.29, 0.717) is 53.2 Å². The van der Waals surface area contributed by atoms with Gasteiger partial charge in [-0.25, -0.2) is 19.2 Å². The molecule has 2 aliphatic carbocycles. The Morgan fingerprint density at radius 1 is 1.00 bits per heavy atom. The molecule has 12 nitrogen and oxygen atoms in total. The molecule has 4 heterocycles. The maximum atomic E-state index is 15.2. The van der Waals surface area contributed by atoms with Crippen molar-refractivity contribution in [1.82, 2.24) is 24.0 Å². The maximum absolute atomic E-state index is 15.2. The normalized spacial score (nSPS) is 20.9. The van der Waals surface area contributed by atoms with Crippen LogP contribution in [0.15, 0.2) is 47.3 Å². The lowest BCUT2D eigenvalue weighted by molar-refractivity contribution is -0.141. The zero-order valence-corrected chi connectivity index (χ0v) is 33.8. The minimum Gasteiger partial charge on any atom is -0.494 e. The molecule has 0 bridgehead atoms. The molecule has 3 aliphatic rings. The Hall–Kier alpha value is -5.16. The van der Waals surface area contributed by atoms with E-state index in [4.69, 9.17) is 9.72 Å². The number of nitrogens with one attached hydrogen (secondary N) is 1. The van der Waals surface area contributed by atoms with Crippen molar-refractivity contribution in [1.29, 1.82) is 0 Å². The van der Waals surface area contributed by atoms with Crippen molar-refractivity contribution in [3.8, 4) is 5.75 Å². The van der Waals surface area contributed by atoms with Crippen LogP contribution in [0.1, 0.15) is 90.9 Å². The van der Waals surface area contributed by atoms with Crippen LogP contribution in [0.4, 0.5) is 28.9 Å². The van der Waals surface area contributed by atoms with Crippen molar-refractivity contribution in [2.45, 2.75) is 82.0 Å². The number of imidazole rings is 1. The highest BCUT2D eigenvalue weighted by molar-refractivity contribution is 7.18. The Morgan fingerprint density at radius 2 is 1.75 bits per heavy atom. The largest absolute Gasteiger partial charge is 0.494 e. The van der Waals surface area contributed by atoms with Gasteiger partial charge in [0.2, 0.25) is 0 Å². The number of amides is 1. The standard InChI is InChI=1S/C42H45F4N7O5S/c1-50(26-13-15-52(16-14-26)32-17-25(43)18-33-38(32)51(2)41(57)53(33)31-12-11-27(54)19-34(31)55)22-23-7-9-24(10-8-23)40-49-30-20-35(58-3)29(21-36(30)59-40)48-39(56)28-5-4-6-37(47-28)42(44,45)46/h4-6,17-18,20-21,23-24,26,31H,7-16,19,22H2,1-3H3,(H,48,56). The van der Waals surface area contributed by atoms with E-state index in [2.05, 4.69) is 27.1 Å². The van der Waals surface area contributed by atoms with Gasteiger partial charge in [0.05, 0.1) is 57.2 Å². The number of thiazole rings is 1. The Balaban J connectivity index is 0.875. The number of hydrogen-bond acceptors (Lipinski definition) is 10. The molecule has 3 fully saturated rings. The van der Waals surface area contributed by atoms with E-state index in [9.17, 15) is 32.3 Å². The van der Waals surface area contributed by atoms with Crippen LogP contribution >= 0.6 is 11.3 Å². The summed E-state index contributed by atoms with van der Waals surface area (Å²) in [6, 6.07) is 9.01. The van der Waals surface area contributed by atoms with Crippen molar-refractivity contribution >= 4 is 61.4 Å². The average molecular weight is 836 g/mol. The summed E-state index contributed by atoms with van der Waals surface area (Å²) in [6.07, 6.45) is 1.36. The number of halogens is 4. The molecule has 17 heteroatoms. The summed E-state index contributed by atoms with van der Waals surface area (Å²) in [4.78, 5) is 64.1. The number of Topliss-reactive ketones (excluding diaryl/α,β-unsaturated/α-hetero) is 2. The summed E-state index contributed by atoms with van der Waals surface area (Å²) in [7, 11) is 5.27. The number of benzene rings is 2. The third kappa shape index (κ3) is 8.10. The lowest BCUT2D eigenvalue weighted by atomic mass is 9.82. The third-order valence-electron chi connectivity index (χ3n) is 12.3. The minimum atomic E-state index is -4.68. The lowest BCUT2D eigenvalue weighted by Gasteiger charge is -2.40. The number of carbonyl (C=O) groups excluding carboxylic acids is 3. The molecule has 1 amide bonds. The number of alkyl halides is 3. The summed E-state index contributed by atoms with van der Waals surface area (Å²) in [5.74, 6) is -0.565. The van der Waals surface area contributed by atoms with Gasteiger partial charge >= 0.3 is 11.9 Å². The zero-order valence-electron chi connectivity index (χ0n) is 33.0. The molecule has 1 N–H and O–H groups in total. The number of fused-ring (bicyclic) bond motifs is 2. The minimum absolute atomic E-state index is 0.136. The lowest BCUT2D eigenvalue weighted by Crippen LogP contribution is -2.45. The predicted octanol–water partition coefficient (Wildman–Crippen LogP) is 7.50. The topological polar surface area (TPSA) is 132 Å². The zero-order chi connectivity index (χ0) is 41.7. The highest BCUT2D eigenvalue weighted by Gasteiger charge is 2.35. The van der Waals surface area contributed by atoms with E-state index in [0.717, 1.165) is 72.4 Å². The summed E-state index contributed by atoms with van der Waals surface area (Å²) in [5, 5.41) is 3.66. The Labute approximate surface area is 341 Å². The first-order valence-corrected chi connectivity index (χ1v) is 20.7. The molecular formula is C42H45F4N7O5S. The van der Waals surface area contributed by atoms with Crippen LogP contribution in [0.2, 0.25) is 0 Å². The van der Waals surface area contributed by atoms with Gasteiger partial charge < -0.3 is 19.9 Å². The van der Waals surface area contributed by atoms with Crippen molar-refractivity contribution in [3.63, 3.8) is 0 Å². The Kier molecular flexibility index (Phi) is 11.1. The van der Waals surface area contributed by atoms with Gasteiger partial charge in [0.1, 0.15) is 28.7 Å². The number of ketones is 2. The van der Waals surface area contributed by atoms with Gasteiger partial charge in [0.25, 0.3) is 5.91 Å². The van der Waals surface area contributed by atoms with Gasteiger partial charge in [-0.15, -0.1) is 11.3 Å². The van der Waals surface area contributed by atoms with E-state index in [1.807, 2.05) is 0 Å². The SMILES string of the molecule is COc1cc2nc(C3CCC(CN(C)C4CCN(c5cc(F)cc6c5n(C)c(=O)n6C5CCC(=O)CC5=O)CC4)CC3)sc2cc1NC(=O)c1cccc(C(F)(F)F)n1. The summed E-state index contributed by atoms with van der Waals surface area (Å²) in [6.45, 7) is 2.33. The van der Waals surface area contributed by atoms with Crippen LogP contribution in [-0.2, 0) is 22.8 Å². The Morgan fingerprint density at radius 3 is 2.44 bits per heavy atom. The Bertz CT molecular complexity index is 2500. The number of anilines is 2. The van der Waals surface area contributed by atoms with Crippen LogP contribution in [0.25, 0.3) is 21.3 Å². The molecule has 1 aliphatic heterocycles. The van der Waals surface area contributed by atoms with Crippen LogP contribution < -0.4 is 20.6 Å². The molecule has 312 valence electrons. The number of aryl methyl sites for hydroxylation is 1. The van der Waals surface area contributed by atoms with Crippen molar-refractivity contribution in [3.05, 3.63) is 75.2 Å². The average Bonchev–Trinajstić information content (AvgIpc) is 3.74. The number of piperidine rings is 1. The number of pyridine rings is 1. The fourth-order valence-corrected chi connectivity index (χ4v) is 10.3. The second kappa shape index (κ2) is 16.1. The van der Waals surface area contributed by atoms with Crippen LogP contribution in [0.5, 0.6) is 5.75 Å². The molecule has 1 saturated heterocycles. The predicted molar refractivity (Wildman–Crippen MR) is 216 cm³/mol. The molecular weight excluding hydrogens is 791 g/mol. The molecule has 5 aromatic rings. The number of aromatic nitrogens is 4. The molecule has 1 atom stereocenters. The second-order valence-corrected chi connectivity index (χ2v) is 17.1. The molecule has 2 saturated carbocycles. The van der Waals surface area contributed by atoms with Gasteiger partial charge in [0.15, 0.2) is 5.78 Å². The fourth-order valence-electron chi connectivity index (χ4n) is 9.15. The van der Waals surface area contributed by atoms with Crippen molar-refractivity contribution in [2.75, 3.05) is 44.0 Å².